The monoisotopic (exact) mass is 470 g/mol. The number of ether oxygens (including phenoxy) is 1. The van der Waals surface area contributed by atoms with Crippen molar-refractivity contribution in [3.63, 3.8) is 0 Å². The molecule has 2 heterocycles. The zero-order valence-electron chi connectivity index (χ0n) is 17.9. The predicted molar refractivity (Wildman–Crippen MR) is 133 cm³/mol. The first-order chi connectivity index (χ1) is 16.6. The molecule has 5 rings (SSSR count). The van der Waals surface area contributed by atoms with Crippen LogP contribution in [0.5, 0.6) is 11.5 Å². The first-order valence-electron chi connectivity index (χ1n) is 10.3. The van der Waals surface area contributed by atoms with E-state index in [9.17, 15) is 10.1 Å². The molecule has 0 fully saturated rings. The minimum Gasteiger partial charge on any atom is -0.457 e. The van der Waals surface area contributed by atoms with Crippen LogP contribution in [-0.4, -0.2) is 19.9 Å². The number of aryl methyl sites for hydroxylation is 1. The number of anilines is 4. The van der Waals surface area contributed by atoms with Gasteiger partial charge in [0.05, 0.1) is 15.1 Å². The standard InChI is InChI=1S/C24H18N6O3S/c1-15-6-5-9-19-20(15)28-24(34-19)29-23-21(30(31)32)22(25-14-26-23)27-16-10-12-18(13-11-16)33-17-7-3-2-4-8-17/h2-14H,1H3,(H2,25,26,27,28,29). The van der Waals surface area contributed by atoms with E-state index in [0.717, 1.165) is 21.5 Å². The maximum absolute atomic E-state index is 11.9. The van der Waals surface area contributed by atoms with Crippen molar-refractivity contribution in [3.05, 3.63) is 94.8 Å². The van der Waals surface area contributed by atoms with E-state index in [-0.39, 0.29) is 17.3 Å². The molecule has 0 aliphatic rings. The van der Waals surface area contributed by atoms with E-state index in [1.165, 1.54) is 17.7 Å². The molecule has 0 saturated heterocycles. The molecule has 0 saturated carbocycles. The highest BCUT2D eigenvalue weighted by atomic mass is 32.1. The van der Waals surface area contributed by atoms with Crippen LogP contribution in [0, 0.1) is 17.0 Å². The van der Waals surface area contributed by atoms with Crippen LogP contribution in [0.1, 0.15) is 5.56 Å². The summed E-state index contributed by atoms with van der Waals surface area (Å²) in [4.78, 5) is 24.1. The van der Waals surface area contributed by atoms with Gasteiger partial charge in [0.1, 0.15) is 17.8 Å². The quantitative estimate of drug-likeness (QED) is 0.202. The van der Waals surface area contributed by atoms with Crippen molar-refractivity contribution >= 4 is 49.7 Å². The lowest BCUT2D eigenvalue weighted by atomic mass is 10.2. The highest BCUT2D eigenvalue weighted by Crippen LogP contribution is 2.36. The van der Waals surface area contributed by atoms with Crippen LogP contribution in [0.25, 0.3) is 10.2 Å². The molecule has 3 aromatic carbocycles. The van der Waals surface area contributed by atoms with E-state index in [4.69, 9.17) is 4.74 Å². The fourth-order valence-corrected chi connectivity index (χ4v) is 4.29. The molecule has 0 radical (unpaired) electrons. The van der Waals surface area contributed by atoms with Gasteiger partial charge in [-0.15, -0.1) is 0 Å². The molecule has 0 spiro atoms. The largest absolute Gasteiger partial charge is 0.457 e. The van der Waals surface area contributed by atoms with Crippen LogP contribution in [-0.2, 0) is 0 Å². The van der Waals surface area contributed by atoms with E-state index in [0.29, 0.717) is 16.6 Å². The molecule has 0 unspecified atom stereocenters. The van der Waals surface area contributed by atoms with Gasteiger partial charge in [-0.05, 0) is 55.0 Å². The number of hydrogen-bond donors (Lipinski definition) is 2. The second-order valence-corrected chi connectivity index (χ2v) is 8.34. The van der Waals surface area contributed by atoms with Gasteiger partial charge in [0, 0.05) is 5.69 Å². The molecule has 2 N–H and O–H groups in total. The first-order valence-corrected chi connectivity index (χ1v) is 11.1. The Balaban J connectivity index is 1.39. The number of benzene rings is 3. The summed E-state index contributed by atoms with van der Waals surface area (Å²) in [5.41, 5.74) is 2.22. The highest BCUT2D eigenvalue weighted by molar-refractivity contribution is 7.22. The smallest absolute Gasteiger partial charge is 0.353 e. The number of para-hydroxylation sites is 2. The number of aromatic nitrogens is 3. The molecule has 5 aromatic rings. The van der Waals surface area contributed by atoms with Crippen molar-refractivity contribution in [2.45, 2.75) is 6.92 Å². The molecule has 34 heavy (non-hydrogen) atoms. The highest BCUT2D eigenvalue weighted by Gasteiger charge is 2.24. The van der Waals surface area contributed by atoms with E-state index in [2.05, 4.69) is 25.6 Å². The van der Waals surface area contributed by atoms with Crippen molar-refractivity contribution in [1.82, 2.24) is 15.0 Å². The summed E-state index contributed by atoms with van der Waals surface area (Å²) in [6.45, 7) is 1.97. The number of fused-ring (bicyclic) bond motifs is 1. The summed E-state index contributed by atoms with van der Waals surface area (Å²) in [7, 11) is 0. The lowest BCUT2D eigenvalue weighted by molar-refractivity contribution is -0.383. The second kappa shape index (κ2) is 9.12. The van der Waals surface area contributed by atoms with Gasteiger partial charge in [0.25, 0.3) is 0 Å². The normalized spacial score (nSPS) is 10.7. The minimum atomic E-state index is -0.518. The van der Waals surface area contributed by atoms with Crippen LogP contribution < -0.4 is 15.4 Å². The number of rotatable bonds is 7. The Bertz CT molecular complexity index is 1470. The zero-order valence-corrected chi connectivity index (χ0v) is 18.7. The Morgan fingerprint density at radius 3 is 2.29 bits per heavy atom. The van der Waals surface area contributed by atoms with Crippen LogP contribution in [0.2, 0.25) is 0 Å². The molecule has 9 nitrogen and oxygen atoms in total. The van der Waals surface area contributed by atoms with Crippen LogP contribution in [0.4, 0.5) is 28.1 Å². The van der Waals surface area contributed by atoms with Crippen LogP contribution in [0.15, 0.2) is 79.1 Å². The van der Waals surface area contributed by atoms with Gasteiger partial charge >= 0.3 is 5.69 Å². The summed E-state index contributed by atoms with van der Waals surface area (Å²) in [6.07, 6.45) is 1.27. The maximum atomic E-state index is 11.9. The number of nitrogens with one attached hydrogen (secondary N) is 2. The number of nitro groups is 1. The number of thiazole rings is 1. The Hall–Kier alpha value is -4.57. The maximum Gasteiger partial charge on any atom is 0.353 e. The summed E-state index contributed by atoms with van der Waals surface area (Å²) in [6, 6.07) is 22.3. The Kier molecular flexibility index (Phi) is 5.71. The SMILES string of the molecule is Cc1cccc2sc(Nc3ncnc(Nc4ccc(Oc5ccccc5)cc4)c3[N+](=O)[O-])nc12. The third-order valence-corrected chi connectivity index (χ3v) is 5.88. The van der Waals surface area contributed by atoms with Gasteiger partial charge in [0.15, 0.2) is 5.13 Å². The minimum absolute atomic E-state index is 0.0586. The van der Waals surface area contributed by atoms with Crippen molar-refractivity contribution < 1.29 is 9.66 Å². The van der Waals surface area contributed by atoms with Crippen molar-refractivity contribution in [2.75, 3.05) is 10.6 Å². The van der Waals surface area contributed by atoms with Crippen molar-refractivity contribution in [3.8, 4) is 11.5 Å². The Morgan fingerprint density at radius 1 is 0.882 bits per heavy atom. The molecular formula is C24H18N6O3S. The van der Waals surface area contributed by atoms with Gasteiger partial charge in [-0.2, -0.15) is 0 Å². The van der Waals surface area contributed by atoms with Gasteiger partial charge in [0.2, 0.25) is 11.6 Å². The molecule has 168 valence electrons. The lowest BCUT2D eigenvalue weighted by Crippen LogP contribution is -2.05. The molecule has 0 atom stereocenters. The van der Waals surface area contributed by atoms with Gasteiger partial charge < -0.3 is 15.4 Å². The summed E-state index contributed by atoms with van der Waals surface area (Å²) < 4.78 is 6.77. The van der Waals surface area contributed by atoms with E-state index in [1.54, 1.807) is 24.3 Å². The second-order valence-electron chi connectivity index (χ2n) is 7.31. The summed E-state index contributed by atoms with van der Waals surface area (Å²) >= 11 is 1.40. The van der Waals surface area contributed by atoms with Crippen LogP contribution in [0.3, 0.4) is 0 Å². The third kappa shape index (κ3) is 4.48. The predicted octanol–water partition coefficient (Wildman–Crippen LogP) is 6.58. The molecule has 0 aliphatic carbocycles. The first kappa shape index (κ1) is 21.3. The van der Waals surface area contributed by atoms with E-state index in [1.807, 2.05) is 55.5 Å². The topological polar surface area (TPSA) is 115 Å². The van der Waals surface area contributed by atoms with Crippen LogP contribution >= 0.6 is 11.3 Å². The third-order valence-electron chi connectivity index (χ3n) is 4.95. The van der Waals surface area contributed by atoms with Crippen molar-refractivity contribution in [2.24, 2.45) is 0 Å². The molecule has 10 heteroatoms. The molecule has 0 aliphatic heterocycles. The van der Waals surface area contributed by atoms with Gasteiger partial charge in [-0.3, -0.25) is 10.1 Å². The number of hydrogen-bond acceptors (Lipinski definition) is 9. The molecule has 0 bridgehead atoms. The fourth-order valence-electron chi connectivity index (χ4n) is 3.34. The van der Waals surface area contributed by atoms with Gasteiger partial charge in [-0.1, -0.05) is 41.7 Å². The lowest BCUT2D eigenvalue weighted by Gasteiger charge is -2.10. The van der Waals surface area contributed by atoms with Gasteiger partial charge in [-0.25, -0.2) is 15.0 Å². The molecule has 2 aromatic heterocycles. The Morgan fingerprint density at radius 2 is 1.59 bits per heavy atom. The average molecular weight is 471 g/mol. The summed E-state index contributed by atoms with van der Waals surface area (Å²) in [5, 5.41) is 18.4. The van der Waals surface area contributed by atoms with E-state index >= 15 is 0 Å². The molecule has 0 amide bonds. The summed E-state index contributed by atoms with van der Waals surface area (Å²) in [5.74, 6) is 1.48. The molecular weight excluding hydrogens is 452 g/mol. The average Bonchev–Trinajstić information content (AvgIpc) is 3.25. The number of nitrogens with zero attached hydrogens (tertiary/aromatic N) is 4. The zero-order chi connectivity index (χ0) is 23.5. The fraction of sp³-hybridized carbons (Fsp3) is 0.0417. The Labute approximate surface area is 198 Å². The van der Waals surface area contributed by atoms with Crippen molar-refractivity contribution in [1.29, 1.82) is 0 Å². The van der Waals surface area contributed by atoms with E-state index < -0.39 is 4.92 Å².